The minimum atomic E-state index is -4.70. The fourth-order valence-corrected chi connectivity index (χ4v) is 3.56. The van der Waals surface area contributed by atoms with Gasteiger partial charge in [-0.25, -0.2) is 8.42 Å². The highest BCUT2D eigenvalue weighted by Gasteiger charge is 2.44. The van der Waals surface area contributed by atoms with E-state index >= 15 is 0 Å². The molecule has 1 aromatic heterocycles. The molecule has 0 fully saturated rings. The van der Waals surface area contributed by atoms with Crippen LogP contribution in [0.5, 0.6) is 5.75 Å². The van der Waals surface area contributed by atoms with E-state index in [9.17, 15) is 26.0 Å². The monoisotopic (exact) mass is 400 g/mol. The van der Waals surface area contributed by atoms with Gasteiger partial charge in [0.1, 0.15) is 10.6 Å². The number of fused-ring (bicyclic) bond motifs is 1. The van der Waals surface area contributed by atoms with Gasteiger partial charge in [-0.15, -0.1) is 0 Å². The van der Waals surface area contributed by atoms with Crippen molar-refractivity contribution in [2.24, 2.45) is 0 Å². The summed E-state index contributed by atoms with van der Waals surface area (Å²) in [5.41, 5.74) is 0.0923. The summed E-state index contributed by atoms with van der Waals surface area (Å²) in [6.07, 6.45) is -7.29. The van der Waals surface area contributed by atoms with Crippen LogP contribution in [0.3, 0.4) is 0 Å². The Kier molecular flexibility index (Phi) is 4.92. The summed E-state index contributed by atoms with van der Waals surface area (Å²) in [5.74, 6) is -0.614. The normalized spacial score (nSPS) is 12.3. The van der Waals surface area contributed by atoms with Crippen molar-refractivity contribution < 1.29 is 30.7 Å². The zero-order valence-corrected chi connectivity index (χ0v) is 14.3. The number of halogens is 4. The summed E-state index contributed by atoms with van der Waals surface area (Å²) in [7, 11) is -4.12. The summed E-state index contributed by atoms with van der Waals surface area (Å²) in [4.78, 5) is 3.93. The van der Waals surface area contributed by atoms with E-state index in [0.717, 1.165) is 12.1 Å². The number of hydrogen-bond donors (Lipinski definition) is 1. The molecule has 0 aliphatic heterocycles. The number of alkyl halides is 4. The van der Waals surface area contributed by atoms with Crippen LogP contribution in [-0.4, -0.2) is 25.9 Å². The Morgan fingerprint density at radius 3 is 2.48 bits per heavy atom. The molecule has 27 heavy (non-hydrogen) atoms. The van der Waals surface area contributed by atoms with Crippen molar-refractivity contribution in [1.29, 1.82) is 0 Å². The second-order valence-electron chi connectivity index (χ2n) is 5.43. The van der Waals surface area contributed by atoms with Crippen LogP contribution < -0.4 is 9.46 Å². The molecule has 0 saturated heterocycles. The van der Waals surface area contributed by atoms with Crippen LogP contribution >= 0.6 is 0 Å². The first kappa shape index (κ1) is 18.9. The molecule has 1 N–H and O–H groups in total. The van der Waals surface area contributed by atoms with E-state index in [1.807, 2.05) is 0 Å². The summed E-state index contributed by atoms with van der Waals surface area (Å²) in [5, 5.41) is 0.592. The largest absolute Gasteiger partial charge is 0.461 e. The van der Waals surface area contributed by atoms with Crippen molar-refractivity contribution in [3.8, 4) is 5.75 Å². The molecule has 0 radical (unpaired) electrons. The van der Waals surface area contributed by atoms with Gasteiger partial charge in [0.25, 0.3) is 10.0 Å². The number of nitrogens with one attached hydrogen (secondary N) is 1. The van der Waals surface area contributed by atoms with Gasteiger partial charge in [0.15, 0.2) is 0 Å². The third-order valence-corrected chi connectivity index (χ3v) is 4.89. The molecular weight excluding hydrogens is 388 g/mol. The highest BCUT2D eigenvalue weighted by Crippen LogP contribution is 2.30. The van der Waals surface area contributed by atoms with Crippen molar-refractivity contribution >= 4 is 26.6 Å². The van der Waals surface area contributed by atoms with Gasteiger partial charge in [-0.2, -0.15) is 17.6 Å². The summed E-state index contributed by atoms with van der Waals surface area (Å²) in [6, 6.07) is 12.2. The van der Waals surface area contributed by atoms with Crippen molar-refractivity contribution in [1.82, 2.24) is 4.98 Å². The predicted molar refractivity (Wildman–Crippen MR) is 90.6 cm³/mol. The van der Waals surface area contributed by atoms with Crippen LogP contribution in [0.4, 0.5) is 23.2 Å². The third-order valence-electron chi connectivity index (χ3n) is 3.48. The van der Waals surface area contributed by atoms with Crippen molar-refractivity contribution in [3.05, 3.63) is 60.8 Å². The Bertz CT molecular complexity index is 1070. The molecule has 3 aromatic rings. The fraction of sp³-hybridized carbons (Fsp3) is 0.118. The number of ether oxygens (including phenoxy) is 1. The quantitative estimate of drug-likeness (QED) is 0.628. The maximum atomic E-state index is 13.0. The van der Waals surface area contributed by atoms with Crippen molar-refractivity contribution in [2.75, 3.05) is 4.72 Å². The molecule has 5 nitrogen and oxygen atoms in total. The molecule has 1 heterocycles. The number of nitrogens with zero attached hydrogens (tertiary/aromatic N) is 1. The molecule has 0 saturated carbocycles. The minimum Gasteiger partial charge on any atom is -0.428 e. The fourth-order valence-electron chi connectivity index (χ4n) is 2.33. The molecular formula is C17H12F4N2O3S. The lowest BCUT2D eigenvalue weighted by atomic mass is 10.2. The molecule has 0 aliphatic carbocycles. The maximum Gasteiger partial charge on any atom is 0.461 e. The van der Waals surface area contributed by atoms with E-state index in [1.54, 1.807) is 18.2 Å². The number of benzene rings is 2. The van der Waals surface area contributed by atoms with Crippen LogP contribution in [0.1, 0.15) is 0 Å². The van der Waals surface area contributed by atoms with Gasteiger partial charge in [-0.3, -0.25) is 9.71 Å². The molecule has 0 unspecified atom stereocenters. The van der Waals surface area contributed by atoms with Crippen molar-refractivity contribution in [3.63, 3.8) is 0 Å². The first-order valence-corrected chi connectivity index (χ1v) is 8.99. The van der Waals surface area contributed by atoms with E-state index in [2.05, 4.69) is 14.4 Å². The smallest absolute Gasteiger partial charge is 0.428 e. The van der Waals surface area contributed by atoms with Gasteiger partial charge in [0.05, 0.1) is 11.2 Å². The van der Waals surface area contributed by atoms with Crippen LogP contribution in [0.2, 0.25) is 0 Å². The predicted octanol–water partition coefficient (Wildman–Crippen LogP) is 4.27. The van der Waals surface area contributed by atoms with Crippen LogP contribution in [0.25, 0.3) is 10.9 Å². The topological polar surface area (TPSA) is 68.3 Å². The maximum absolute atomic E-state index is 13.0. The Labute approximate surface area is 151 Å². The van der Waals surface area contributed by atoms with Crippen LogP contribution in [0.15, 0.2) is 65.7 Å². The molecule has 0 atom stereocenters. The lowest BCUT2D eigenvalue weighted by Gasteiger charge is -2.17. The van der Waals surface area contributed by atoms with Crippen LogP contribution in [-0.2, 0) is 10.0 Å². The molecule has 10 heteroatoms. The number of pyridine rings is 1. The third kappa shape index (κ3) is 4.11. The highest BCUT2D eigenvalue weighted by molar-refractivity contribution is 7.93. The van der Waals surface area contributed by atoms with Crippen LogP contribution in [0, 0.1) is 0 Å². The zero-order chi connectivity index (χ0) is 19.7. The average molecular weight is 400 g/mol. The molecule has 0 bridgehead atoms. The average Bonchev–Trinajstić information content (AvgIpc) is 2.60. The number of hydrogen-bond acceptors (Lipinski definition) is 4. The Morgan fingerprint density at radius 2 is 1.74 bits per heavy atom. The Morgan fingerprint density at radius 1 is 1.04 bits per heavy atom. The van der Waals surface area contributed by atoms with Gasteiger partial charge < -0.3 is 4.74 Å². The highest BCUT2D eigenvalue weighted by atomic mass is 32.2. The molecule has 3 rings (SSSR count). The summed E-state index contributed by atoms with van der Waals surface area (Å²) < 4.78 is 82.0. The number of para-hydroxylation sites is 1. The Hall–Kier alpha value is -2.88. The number of aromatic nitrogens is 1. The lowest BCUT2D eigenvalue weighted by molar-refractivity contribution is -0.253. The van der Waals surface area contributed by atoms with Crippen molar-refractivity contribution in [2.45, 2.75) is 17.4 Å². The lowest BCUT2D eigenvalue weighted by Crippen LogP contribution is -2.33. The van der Waals surface area contributed by atoms with E-state index in [1.165, 1.54) is 30.5 Å². The molecule has 142 valence electrons. The van der Waals surface area contributed by atoms with E-state index < -0.39 is 28.3 Å². The Balaban J connectivity index is 1.91. The van der Waals surface area contributed by atoms with E-state index in [-0.39, 0.29) is 16.1 Å². The van der Waals surface area contributed by atoms with Gasteiger partial charge in [-0.1, -0.05) is 24.3 Å². The number of rotatable bonds is 6. The van der Waals surface area contributed by atoms with E-state index in [4.69, 9.17) is 0 Å². The SMILES string of the molecule is O=S(=O)(Nc1cccc(OC(F)(F)C(F)F)c1)c1cccc2cccnc12. The second kappa shape index (κ2) is 7.03. The second-order valence-corrected chi connectivity index (χ2v) is 7.08. The summed E-state index contributed by atoms with van der Waals surface area (Å²) >= 11 is 0. The van der Waals surface area contributed by atoms with Gasteiger partial charge >= 0.3 is 12.5 Å². The van der Waals surface area contributed by atoms with E-state index in [0.29, 0.717) is 5.39 Å². The molecule has 0 amide bonds. The standard InChI is InChI=1S/C17H12F4N2O3S/c18-16(19)17(20,21)26-13-7-2-6-12(10-13)23-27(24,25)14-8-1-4-11-5-3-9-22-15(11)14/h1-10,16,23H. The minimum absolute atomic E-state index is 0.121. The number of anilines is 1. The molecule has 0 aliphatic rings. The first-order chi connectivity index (χ1) is 12.7. The van der Waals surface area contributed by atoms with Gasteiger partial charge in [0.2, 0.25) is 0 Å². The molecule has 2 aromatic carbocycles. The zero-order valence-electron chi connectivity index (χ0n) is 13.4. The van der Waals surface area contributed by atoms with Gasteiger partial charge in [0, 0.05) is 17.6 Å². The van der Waals surface area contributed by atoms with Gasteiger partial charge in [-0.05, 0) is 24.3 Å². The molecule has 0 spiro atoms. The number of sulfonamides is 1. The first-order valence-electron chi connectivity index (χ1n) is 7.51. The summed E-state index contributed by atoms with van der Waals surface area (Å²) in [6.45, 7) is 0.